The number of hydrogen-bond acceptors (Lipinski definition) is 4. The summed E-state index contributed by atoms with van der Waals surface area (Å²) in [6.07, 6.45) is 0. The van der Waals surface area contributed by atoms with Crippen LogP contribution < -0.4 is 10.5 Å². The number of nitro groups is 1. The van der Waals surface area contributed by atoms with Gasteiger partial charge in [-0.15, -0.1) is 0 Å². The molecule has 0 bridgehead atoms. The highest BCUT2D eigenvalue weighted by molar-refractivity contribution is 5.95. The van der Waals surface area contributed by atoms with Crippen LogP contribution in [0, 0.1) is 24.0 Å². The van der Waals surface area contributed by atoms with Crippen LogP contribution in [0.15, 0.2) is 36.4 Å². The Labute approximate surface area is 127 Å². The number of carbonyl (C=O) groups excluding carboxylic acids is 1. The van der Waals surface area contributed by atoms with Gasteiger partial charge >= 0.3 is 0 Å². The van der Waals surface area contributed by atoms with Crippen molar-refractivity contribution in [2.75, 3.05) is 0 Å². The zero-order chi connectivity index (χ0) is 16.3. The van der Waals surface area contributed by atoms with Gasteiger partial charge < -0.3 is 10.5 Å². The average Bonchev–Trinajstić information content (AvgIpc) is 2.45. The van der Waals surface area contributed by atoms with Gasteiger partial charge in [-0.3, -0.25) is 14.9 Å². The molecule has 6 nitrogen and oxygen atoms in total. The van der Waals surface area contributed by atoms with Crippen molar-refractivity contribution in [3.8, 4) is 5.75 Å². The molecule has 0 radical (unpaired) electrons. The molecular weight excluding hydrogens is 284 g/mol. The summed E-state index contributed by atoms with van der Waals surface area (Å²) >= 11 is 0. The summed E-state index contributed by atoms with van der Waals surface area (Å²) in [5.74, 6) is -0.204. The highest BCUT2D eigenvalue weighted by atomic mass is 16.6. The van der Waals surface area contributed by atoms with Crippen LogP contribution in [0.1, 0.15) is 27.0 Å². The molecule has 0 aliphatic carbocycles. The van der Waals surface area contributed by atoms with E-state index in [1.54, 1.807) is 37.3 Å². The van der Waals surface area contributed by atoms with Crippen molar-refractivity contribution in [1.82, 2.24) is 0 Å². The minimum atomic E-state index is -0.578. The first-order chi connectivity index (χ1) is 10.4. The number of nitrogens with two attached hydrogens (primary N) is 1. The first-order valence-corrected chi connectivity index (χ1v) is 6.66. The smallest absolute Gasteiger partial charge is 0.272 e. The Balaban J connectivity index is 2.28. The van der Waals surface area contributed by atoms with Gasteiger partial charge in [0.05, 0.1) is 10.5 Å². The van der Waals surface area contributed by atoms with E-state index in [2.05, 4.69) is 0 Å². The van der Waals surface area contributed by atoms with E-state index in [-0.39, 0.29) is 17.9 Å². The van der Waals surface area contributed by atoms with E-state index in [0.29, 0.717) is 16.9 Å². The van der Waals surface area contributed by atoms with Crippen LogP contribution >= 0.6 is 0 Å². The lowest BCUT2D eigenvalue weighted by Crippen LogP contribution is -2.13. The van der Waals surface area contributed by atoms with Crippen molar-refractivity contribution in [1.29, 1.82) is 0 Å². The van der Waals surface area contributed by atoms with E-state index in [9.17, 15) is 14.9 Å². The van der Waals surface area contributed by atoms with Crippen LogP contribution in [0.2, 0.25) is 0 Å². The molecule has 2 rings (SSSR count). The quantitative estimate of drug-likeness (QED) is 0.678. The topological polar surface area (TPSA) is 95.5 Å². The predicted molar refractivity (Wildman–Crippen MR) is 81.9 cm³/mol. The number of ether oxygens (including phenoxy) is 1. The summed E-state index contributed by atoms with van der Waals surface area (Å²) in [6.45, 7) is 3.66. The molecule has 0 fully saturated rings. The number of primary amides is 1. The van der Waals surface area contributed by atoms with E-state index < -0.39 is 10.8 Å². The zero-order valence-corrected chi connectivity index (χ0v) is 12.3. The molecule has 0 heterocycles. The van der Waals surface area contributed by atoms with Gasteiger partial charge in [0, 0.05) is 11.6 Å². The van der Waals surface area contributed by atoms with E-state index in [4.69, 9.17) is 10.5 Å². The molecule has 2 N–H and O–H groups in total. The Kier molecular flexibility index (Phi) is 4.41. The fraction of sp³-hybridized carbons (Fsp3) is 0.188. The van der Waals surface area contributed by atoms with Crippen LogP contribution in [0.3, 0.4) is 0 Å². The molecule has 0 spiro atoms. The predicted octanol–water partition coefficient (Wildman–Crippen LogP) is 2.89. The Morgan fingerprint density at radius 1 is 1.27 bits per heavy atom. The second-order valence-corrected chi connectivity index (χ2v) is 4.97. The molecule has 22 heavy (non-hydrogen) atoms. The van der Waals surface area contributed by atoms with Gasteiger partial charge in [-0.2, -0.15) is 0 Å². The van der Waals surface area contributed by atoms with E-state index in [0.717, 1.165) is 5.56 Å². The fourth-order valence-electron chi connectivity index (χ4n) is 2.13. The summed E-state index contributed by atoms with van der Waals surface area (Å²) in [4.78, 5) is 21.9. The number of nitro benzene ring substituents is 1. The van der Waals surface area contributed by atoms with Crippen molar-refractivity contribution < 1.29 is 14.5 Å². The molecule has 6 heteroatoms. The Morgan fingerprint density at radius 2 is 2.00 bits per heavy atom. The van der Waals surface area contributed by atoms with Gasteiger partial charge in [0.2, 0.25) is 0 Å². The highest BCUT2D eigenvalue weighted by Crippen LogP contribution is 2.25. The van der Waals surface area contributed by atoms with Crippen LogP contribution in [0.5, 0.6) is 5.75 Å². The van der Waals surface area contributed by atoms with Crippen LogP contribution in [-0.4, -0.2) is 10.8 Å². The Morgan fingerprint density at radius 3 is 2.64 bits per heavy atom. The third-order valence-electron chi connectivity index (χ3n) is 3.40. The zero-order valence-electron chi connectivity index (χ0n) is 12.3. The molecular formula is C16H16N2O4. The molecule has 0 saturated heterocycles. The maximum atomic E-state index is 11.4. The molecule has 114 valence electrons. The SMILES string of the molecule is Cc1ccc(C(N)=O)c(OCc2cccc([N+](=O)[O-])c2C)c1. The van der Waals surface area contributed by atoms with Crippen molar-refractivity contribution in [3.63, 3.8) is 0 Å². The number of hydrogen-bond donors (Lipinski definition) is 1. The van der Waals surface area contributed by atoms with Gasteiger partial charge in [-0.1, -0.05) is 18.2 Å². The second-order valence-electron chi connectivity index (χ2n) is 4.97. The molecule has 0 aromatic heterocycles. The summed E-state index contributed by atoms with van der Waals surface area (Å²) < 4.78 is 5.66. The van der Waals surface area contributed by atoms with Gasteiger partial charge in [0.1, 0.15) is 12.4 Å². The molecule has 0 aliphatic heterocycles. The van der Waals surface area contributed by atoms with E-state index in [1.807, 2.05) is 6.92 Å². The third kappa shape index (κ3) is 3.22. The summed E-state index contributed by atoms with van der Waals surface area (Å²) in [5.41, 5.74) is 7.80. The van der Waals surface area contributed by atoms with Crippen molar-refractivity contribution in [2.24, 2.45) is 5.73 Å². The number of rotatable bonds is 5. The Hall–Kier alpha value is -2.89. The molecule has 0 saturated carbocycles. The van der Waals surface area contributed by atoms with Gasteiger partial charge in [-0.25, -0.2) is 0 Å². The number of aryl methyl sites for hydroxylation is 1. The lowest BCUT2D eigenvalue weighted by molar-refractivity contribution is -0.385. The largest absolute Gasteiger partial charge is 0.488 e. The van der Waals surface area contributed by atoms with Crippen LogP contribution in [0.25, 0.3) is 0 Å². The molecule has 2 aromatic rings. The summed E-state index contributed by atoms with van der Waals surface area (Å²) in [6, 6.07) is 9.89. The van der Waals surface area contributed by atoms with Crippen molar-refractivity contribution >= 4 is 11.6 Å². The first-order valence-electron chi connectivity index (χ1n) is 6.66. The minimum absolute atomic E-state index is 0.0421. The van der Waals surface area contributed by atoms with E-state index >= 15 is 0 Å². The standard InChI is InChI=1S/C16H16N2O4/c1-10-6-7-13(16(17)19)15(8-10)22-9-12-4-3-5-14(11(12)2)18(20)21/h3-8H,9H2,1-2H3,(H2,17,19). The Bertz CT molecular complexity index is 741. The third-order valence-corrected chi connectivity index (χ3v) is 3.40. The lowest BCUT2D eigenvalue weighted by atomic mass is 10.1. The number of carbonyl (C=O) groups is 1. The molecule has 0 atom stereocenters. The molecule has 0 aliphatic rings. The van der Waals surface area contributed by atoms with Crippen molar-refractivity contribution in [2.45, 2.75) is 20.5 Å². The highest BCUT2D eigenvalue weighted by Gasteiger charge is 2.15. The number of amides is 1. The maximum Gasteiger partial charge on any atom is 0.272 e. The van der Waals surface area contributed by atoms with Gasteiger partial charge in [0.15, 0.2) is 0 Å². The average molecular weight is 300 g/mol. The first kappa shape index (κ1) is 15.5. The van der Waals surface area contributed by atoms with Crippen molar-refractivity contribution in [3.05, 3.63) is 68.8 Å². The summed E-state index contributed by atoms with van der Waals surface area (Å²) in [7, 11) is 0. The molecule has 2 aromatic carbocycles. The second kappa shape index (κ2) is 6.26. The lowest BCUT2D eigenvalue weighted by Gasteiger charge is -2.12. The molecule has 1 amide bonds. The monoisotopic (exact) mass is 300 g/mol. The van der Waals surface area contributed by atoms with Gasteiger partial charge in [-0.05, 0) is 37.1 Å². The normalized spacial score (nSPS) is 10.3. The van der Waals surface area contributed by atoms with Gasteiger partial charge in [0.25, 0.3) is 11.6 Å². The number of nitrogens with zero attached hydrogens (tertiary/aromatic N) is 1. The van der Waals surface area contributed by atoms with E-state index in [1.165, 1.54) is 6.07 Å². The summed E-state index contributed by atoms with van der Waals surface area (Å²) in [5, 5.41) is 10.9. The molecule has 0 unspecified atom stereocenters. The minimum Gasteiger partial charge on any atom is -0.488 e. The maximum absolute atomic E-state index is 11.4. The van der Waals surface area contributed by atoms with Crippen LogP contribution in [-0.2, 0) is 6.61 Å². The van der Waals surface area contributed by atoms with Crippen LogP contribution in [0.4, 0.5) is 5.69 Å². The number of benzene rings is 2. The fourth-order valence-corrected chi connectivity index (χ4v) is 2.13.